The zero-order chi connectivity index (χ0) is 12.8. The Hall–Kier alpha value is -0.800. The highest BCUT2D eigenvalue weighted by Gasteiger charge is 2.21. The molecule has 1 aromatic heterocycles. The van der Waals surface area contributed by atoms with E-state index in [1.165, 1.54) is 37.1 Å². The van der Waals surface area contributed by atoms with Crippen molar-refractivity contribution in [3.05, 3.63) is 23.7 Å². The van der Waals surface area contributed by atoms with Crippen molar-refractivity contribution in [2.45, 2.75) is 45.6 Å². The van der Waals surface area contributed by atoms with E-state index >= 15 is 0 Å². The normalized spacial score (nSPS) is 19.2. The minimum Gasteiger partial charge on any atom is -0.469 e. The van der Waals surface area contributed by atoms with Crippen LogP contribution in [-0.2, 0) is 6.42 Å². The largest absolute Gasteiger partial charge is 0.469 e. The molecule has 1 atom stereocenters. The van der Waals surface area contributed by atoms with Crippen molar-refractivity contribution in [3.8, 4) is 0 Å². The molecular formula is C15H26N2O. The summed E-state index contributed by atoms with van der Waals surface area (Å²) >= 11 is 0. The van der Waals surface area contributed by atoms with Crippen LogP contribution >= 0.6 is 0 Å². The fourth-order valence-corrected chi connectivity index (χ4v) is 2.84. The lowest BCUT2D eigenvalue weighted by atomic mass is 9.93. The first-order valence-corrected chi connectivity index (χ1v) is 7.37. The lowest BCUT2D eigenvalue weighted by molar-refractivity contribution is 0.279. The Balaban J connectivity index is 1.78. The van der Waals surface area contributed by atoms with Gasteiger partial charge >= 0.3 is 0 Å². The van der Waals surface area contributed by atoms with E-state index in [0.717, 1.165) is 26.1 Å². The first-order chi connectivity index (χ1) is 8.85. The molecule has 0 aromatic carbocycles. The molecule has 0 fully saturated rings. The Morgan fingerprint density at radius 2 is 2.28 bits per heavy atom. The monoisotopic (exact) mass is 250 g/mol. The molecular weight excluding hydrogens is 224 g/mol. The molecule has 1 aliphatic rings. The van der Waals surface area contributed by atoms with Gasteiger partial charge in [0.2, 0.25) is 0 Å². The maximum atomic E-state index is 5.52. The summed E-state index contributed by atoms with van der Waals surface area (Å²) in [5.41, 5.74) is 1.39. The predicted molar refractivity (Wildman–Crippen MR) is 74.8 cm³/mol. The fraction of sp³-hybridized carbons (Fsp3) is 0.733. The maximum Gasteiger partial charge on any atom is 0.108 e. The molecule has 18 heavy (non-hydrogen) atoms. The van der Waals surface area contributed by atoms with Crippen LogP contribution in [0, 0.1) is 0 Å². The average Bonchev–Trinajstić information content (AvgIpc) is 2.86. The lowest BCUT2D eigenvalue weighted by Crippen LogP contribution is -2.35. The van der Waals surface area contributed by atoms with E-state index in [0.29, 0.717) is 6.04 Å². The summed E-state index contributed by atoms with van der Waals surface area (Å²) in [6.45, 7) is 9.06. The zero-order valence-corrected chi connectivity index (χ0v) is 11.7. The van der Waals surface area contributed by atoms with Gasteiger partial charge in [-0.3, -0.25) is 0 Å². The van der Waals surface area contributed by atoms with Crippen LogP contribution in [0.1, 0.15) is 50.5 Å². The number of hydrogen-bond acceptors (Lipinski definition) is 3. The summed E-state index contributed by atoms with van der Waals surface area (Å²) in [5, 5.41) is 3.69. The van der Waals surface area contributed by atoms with Crippen LogP contribution in [0.3, 0.4) is 0 Å². The van der Waals surface area contributed by atoms with Crippen molar-refractivity contribution in [3.63, 3.8) is 0 Å². The molecule has 1 aliphatic carbocycles. The van der Waals surface area contributed by atoms with Gasteiger partial charge < -0.3 is 14.6 Å². The van der Waals surface area contributed by atoms with Crippen LogP contribution in [0.15, 0.2) is 16.7 Å². The summed E-state index contributed by atoms with van der Waals surface area (Å²) < 4.78 is 5.52. The van der Waals surface area contributed by atoms with Crippen molar-refractivity contribution in [2.75, 3.05) is 26.2 Å². The van der Waals surface area contributed by atoms with Gasteiger partial charge in [-0.15, -0.1) is 0 Å². The standard InChI is InChI=1S/C15H26N2O/c1-3-10-17(4-2)11-9-16-14-6-5-7-15-13(14)8-12-18-15/h8,12,14,16H,3-7,9-11H2,1-2H3. The van der Waals surface area contributed by atoms with Gasteiger partial charge in [0.15, 0.2) is 0 Å². The highest BCUT2D eigenvalue weighted by Crippen LogP contribution is 2.30. The number of rotatable bonds is 7. The Kier molecular flexibility index (Phi) is 5.26. The van der Waals surface area contributed by atoms with Gasteiger partial charge in [-0.25, -0.2) is 0 Å². The average molecular weight is 250 g/mol. The quantitative estimate of drug-likeness (QED) is 0.806. The molecule has 0 radical (unpaired) electrons. The molecule has 0 saturated carbocycles. The van der Waals surface area contributed by atoms with Gasteiger partial charge in [-0.1, -0.05) is 13.8 Å². The number of furan rings is 1. The van der Waals surface area contributed by atoms with E-state index in [-0.39, 0.29) is 0 Å². The Morgan fingerprint density at radius 1 is 1.39 bits per heavy atom. The van der Waals surface area contributed by atoms with Crippen molar-refractivity contribution in [1.29, 1.82) is 0 Å². The van der Waals surface area contributed by atoms with Crippen molar-refractivity contribution in [2.24, 2.45) is 0 Å². The first-order valence-electron chi connectivity index (χ1n) is 7.37. The molecule has 1 unspecified atom stereocenters. The minimum absolute atomic E-state index is 0.507. The molecule has 2 rings (SSSR count). The summed E-state index contributed by atoms with van der Waals surface area (Å²) in [7, 11) is 0. The third kappa shape index (κ3) is 3.36. The van der Waals surface area contributed by atoms with Gasteiger partial charge in [-0.2, -0.15) is 0 Å². The number of likely N-dealkylation sites (N-methyl/N-ethyl adjacent to an activating group) is 1. The van der Waals surface area contributed by atoms with Crippen molar-refractivity contribution >= 4 is 0 Å². The van der Waals surface area contributed by atoms with Crippen LogP contribution in [0.5, 0.6) is 0 Å². The van der Waals surface area contributed by atoms with E-state index in [9.17, 15) is 0 Å². The van der Waals surface area contributed by atoms with Gasteiger partial charge in [0.05, 0.1) is 6.26 Å². The van der Waals surface area contributed by atoms with Gasteiger partial charge in [0, 0.05) is 31.1 Å². The van der Waals surface area contributed by atoms with Crippen LogP contribution in [-0.4, -0.2) is 31.1 Å². The SMILES string of the molecule is CCCN(CC)CCNC1CCCc2occc21. The molecule has 0 saturated heterocycles. The number of nitrogens with zero attached hydrogens (tertiary/aromatic N) is 1. The predicted octanol–water partition coefficient (Wildman–Crippen LogP) is 2.98. The molecule has 0 spiro atoms. The molecule has 1 N–H and O–H groups in total. The third-order valence-electron chi connectivity index (χ3n) is 3.86. The van der Waals surface area contributed by atoms with Gasteiger partial charge in [0.25, 0.3) is 0 Å². The second-order valence-electron chi connectivity index (χ2n) is 5.13. The number of aryl methyl sites for hydroxylation is 1. The lowest BCUT2D eigenvalue weighted by Gasteiger charge is -2.25. The van der Waals surface area contributed by atoms with Crippen LogP contribution in [0.2, 0.25) is 0 Å². The molecule has 1 aromatic rings. The second-order valence-corrected chi connectivity index (χ2v) is 5.13. The Bertz CT molecular complexity index is 348. The van der Waals surface area contributed by atoms with Crippen molar-refractivity contribution in [1.82, 2.24) is 10.2 Å². The Morgan fingerprint density at radius 3 is 3.06 bits per heavy atom. The van der Waals surface area contributed by atoms with Gasteiger partial charge in [-0.05, 0) is 38.4 Å². The van der Waals surface area contributed by atoms with Crippen molar-refractivity contribution < 1.29 is 4.42 Å². The molecule has 0 amide bonds. The third-order valence-corrected chi connectivity index (χ3v) is 3.86. The summed E-state index contributed by atoms with van der Waals surface area (Å²) in [5.74, 6) is 1.19. The topological polar surface area (TPSA) is 28.4 Å². The van der Waals surface area contributed by atoms with Crippen LogP contribution in [0.4, 0.5) is 0 Å². The zero-order valence-electron chi connectivity index (χ0n) is 11.7. The first kappa shape index (κ1) is 13.6. The summed E-state index contributed by atoms with van der Waals surface area (Å²) in [6.07, 6.45) is 6.66. The van der Waals surface area contributed by atoms with Crippen LogP contribution in [0.25, 0.3) is 0 Å². The number of hydrogen-bond donors (Lipinski definition) is 1. The smallest absolute Gasteiger partial charge is 0.108 e. The Labute approximate surface area is 111 Å². The molecule has 3 nitrogen and oxygen atoms in total. The fourth-order valence-electron chi connectivity index (χ4n) is 2.84. The number of nitrogens with one attached hydrogen (secondary N) is 1. The van der Waals surface area contributed by atoms with E-state index in [2.05, 4.69) is 30.1 Å². The second kappa shape index (κ2) is 6.95. The molecule has 0 bridgehead atoms. The highest BCUT2D eigenvalue weighted by atomic mass is 16.3. The van der Waals surface area contributed by atoms with E-state index in [1.807, 2.05) is 6.26 Å². The number of fused-ring (bicyclic) bond motifs is 1. The van der Waals surface area contributed by atoms with E-state index in [4.69, 9.17) is 4.42 Å². The molecule has 102 valence electrons. The molecule has 3 heteroatoms. The van der Waals surface area contributed by atoms with E-state index in [1.54, 1.807) is 0 Å². The van der Waals surface area contributed by atoms with Gasteiger partial charge in [0.1, 0.15) is 5.76 Å². The highest BCUT2D eigenvalue weighted by molar-refractivity contribution is 5.23. The molecule has 0 aliphatic heterocycles. The van der Waals surface area contributed by atoms with E-state index < -0.39 is 0 Å². The summed E-state index contributed by atoms with van der Waals surface area (Å²) in [6, 6.07) is 2.64. The van der Waals surface area contributed by atoms with Crippen LogP contribution < -0.4 is 5.32 Å². The minimum atomic E-state index is 0.507. The maximum absolute atomic E-state index is 5.52. The molecule has 1 heterocycles. The summed E-state index contributed by atoms with van der Waals surface area (Å²) in [4.78, 5) is 2.51.